The summed E-state index contributed by atoms with van der Waals surface area (Å²) in [5, 5.41) is 0. The van der Waals surface area contributed by atoms with Crippen LogP contribution in [0.3, 0.4) is 0 Å². The molecule has 2 aromatic rings. The Morgan fingerprint density at radius 1 is 1.12 bits per heavy atom. The molecule has 2 aliphatic heterocycles. The van der Waals surface area contributed by atoms with Crippen LogP contribution in [0.1, 0.15) is 24.8 Å². The average molecular weight is 397 g/mol. The molecule has 128 valence electrons. The fourth-order valence-electron chi connectivity index (χ4n) is 3.71. The number of hydrogen-bond acceptors (Lipinski definition) is 2. The number of fused-ring (bicyclic) bond motifs is 1. The molecule has 0 N–H and O–H groups in total. The van der Waals surface area contributed by atoms with Gasteiger partial charge in [0.05, 0.1) is 7.11 Å². The molecule has 0 aromatic heterocycles. The lowest BCUT2D eigenvalue weighted by atomic mass is 9.94. The van der Waals surface area contributed by atoms with Crippen molar-refractivity contribution >= 4 is 33.0 Å². The van der Waals surface area contributed by atoms with E-state index in [0.717, 1.165) is 34.7 Å². The number of amidine groups is 1. The fraction of sp³-hybridized carbons (Fsp3) is 0.286. The Hall–Kier alpha value is -2.07. The largest absolute Gasteiger partial charge is 0.494 e. The van der Waals surface area contributed by atoms with Gasteiger partial charge < -0.3 is 9.64 Å². The van der Waals surface area contributed by atoms with E-state index in [1.807, 2.05) is 24.3 Å². The highest BCUT2D eigenvalue weighted by atomic mass is 79.9. The highest BCUT2D eigenvalue weighted by molar-refractivity contribution is 9.10. The summed E-state index contributed by atoms with van der Waals surface area (Å²) < 4.78 is 6.58. The minimum Gasteiger partial charge on any atom is -0.494 e. The maximum atomic E-state index is 5.47. The average Bonchev–Trinajstić information content (AvgIpc) is 3.12. The van der Waals surface area contributed by atoms with Crippen LogP contribution < -0.4 is 4.74 Å². The zero-order valence-corrected chi connectivity index (χ0v) is 15.9. The van der Waals surface area contributed by atoms with Crippen LogP contribution in [0.4, 0.5) is 5.69 Å². The first-order valence-electron chi connectivity index (χ1n) is 8.69. The monoisotopic (exact) mass is 396 g/mol. The Kier molecular flexibility index (Phi) is 4.62. The van der Waals surface area contributed by atoms with E-state index in [-0.39, 0.29) is 0 Å². The Morgan fingerprint density at radius 2 is 1.92 bits per heavy atom. The van der Waals surface area contributed by atoms with E-state index in [2.05, 4.69) is 51.2 Å². The number of benzene rings is 2. The number of aliphatic imine (C=N–C) groups is 1. The van der Waals surface area contributed by atoms with Gasteiger partial charge in [-0.2, -0.15) is 0 Å². The molecular formula is C21H21BrN2O. The lowest BCUT2D eigenvalue weighted by Crippen LogP contribution is -2.37. The number of halogens is 1. The van der Waals surface area contributed by atoms with Crippen LogP contribution in [-0.2, 0) is 0 Å². The first-order valence-corrected chi connectivity index (χ1v) is 9.49. The van der Waals surface area contributed by atoms with Crippen molar-refractivity contribution in [3.05, 3.63) is 64.6 Å². The van der Waals surface area contributed by atoms with Gasteiger partial charge in [-0.15, -0.1) is 0 Å². The van der Waals surface area contributed by atoms with Crippen molar-refractivity contribution in [3.8, 4) is 5.75 Å². The van der Waals surface area contributed by atoms with Crippen molar-refractivity contribution in [1.29, 1.82) is 0 Å². The van der Waals surface area contributed by atoms with Gasteiger partial charge in [-0.25, -0.2) is 4.99 Å². The van der Waals surface area contributed by atoms with Gasteiger partial charge in [0.2, 0.25) is 0 Å². The summed E-state index contributed by atoms with van der Waals surface area (Å²) in [6.45, 7) is 1.09. The fourth-order valence-corrected chi connectivity index (χ4v) is 3.97. The van der Waals surface area contributed by atoms with Gasteiger partial charge in [-0.05, 0) is 60.7 Å². The molecule has 2 aliphatic rings. The second kappa shape index (κ2) is 7.04. The van der Waals surface area contributed by atoms with E-state index in [0.29, 0.717) is 6.04 Å². The molecule has 2 heterocycles. The molecule has 4 heteroatoms. The quantitative estimate of drug-likeness (QED) is 0.689. The zero-order chi connectivity index (χ0) is 17.2. The van der Waals surface area contributed by atoms with Crippen molar-refractivity contribution in [2.24, 2.45) is 4.99 Å². The summed E-state index contributed by atoms with van der Waals surface area (Å²) >= 11 is 3.52. The topological polar surface area (TPSA) is 24.8 Å². The van der Waals surface area contributed by atoms with Crippen molar-refractivity contribution < 1.29 is 4.74 Å². The first-order chi connectivity index (χ1) is 12.2. The molecule has 0 spiro atoms. The molecule has 0 bridgehead atoms. The Bertz CT molecular complexity index is 826. The third kappa shape index (κ3) is 3.36. The number of para-hydroxylation sites is 2. The van der Waals surface area contributed by atoms with Crippen molar-refractivity contribution in [1.82, 2.24) is 4.90 Å². The summed E-state index contributed by atoms with van der Waals surface area (Å²) in [6, 6.07) is 17.1. The van der Waals surface area contributed by atoms with E-state index < -0.39 is 0 Å². The standard InChI is InChI=1S/C21H21BrN2O/c1-25-20-7-3-2-6-19(20)23-21-14-16(13-18-5-4-12-24(18)21)15-8-10-17(22)11-9-15/h2-3,6-11,14,18H,4-5,12-13H2,1H3/t18-/m0/s1. The molecule has 0 aliphatic carbocycles. The van der Waals surface area contributed by atoms with Crippen LogP contribution in [0.25, 0.3) is 5.57 Å². The van der Waals surface area contributed by atoms with E-state index in [1.165, 1.54) is 24.0 Å². The summed E-state index contributed by atoms with van der Waals surface area (Å²) in [5.41, 5.74) is 3.53. The van der Waals surface area contributed by atoms with Crippen molar-refractivity contribution in [2.75, 3.05) is 13.7 Å². The predicted octanol–water partition coefficient (Wildman–Crippen LogP) is 5.44. The third-order valence-corrected chi connectivity index (χ3v) is 5.49. The second-order valence-electron chi connectivity index (χ2n) is 6.51. The zero-order valence-electron chi connectivity index (χ0n) is 14.3. The lowest BCUT2D eigenvalue weighted by Gasteiger charge is -2.32. The number of ether oxygens (including phenoxy) is 1. The lowest BCUT2D eigenvalue weighted by molar-refractivity contribution is 0.389. The second-order valence-corrected chi connectivity index (χ2v) is 7.43. The Labute approximate surface area is 157 Å². The van der Waals surface area contributed by atoms with E-state index in [1.54, 1.807) is 7.11 Å². The number of hydrogen-bond donors (Lipinski definition) is 0. The van der Waals surface area contributed by atoms with Crippen LogP contribution in [0.5, 0.6) is 5.75 Å². The highest BCUT2D eigenvalue weighted by Gasteiger charge is 2.31. The molecular weight excluding hydrogens is 376 g/mol. The maximum absolute atomic E-state index is 5.47. The van der Waals surface area contributed by atoms with Gasteiger partial charge in [0.1, 0.15) is 17.3 Å². The number of rotatable bonds is 3. The molecule has 4 rings (SSSR count). The Balaban J connectivity index is 1.76. The maximum Gasteiger partial charge on any atom is 0.144 e. The Morgan fingerprint density at radius 3 is 2.72 bits per heavy atom. The van der Waals surface area contributed by atoms with Gasteiger partial charge in [0.25, 0.3) is 0 Å². The minimum atomic E-state index is 0.553. The molecule has 1 atom stereocenters. The molecule has 1 fully saturated rings. The smallest absolute Gasteiger partial charge is 0.144 e. The molecule has 0 saturated carbocycles. The van der Waals surface area contributed by atoms with E-state index >= 15 is 0 Å². The summed E-state index contributed by atoms with van der Waals surface area (Å²) in [7, 11) is 1.70. The molecule has 25 heavy (non-hydrogen) atoms. The predicted molar refractivity (Wildman–Crippen MR) is 107 cm³/mol. The summed E-state index contributed by atoms with van der Waals surface area (Å²) in [5.74, 6) is 1.87. The van der Waals surface area contributed by atoms with Crippen LogP contribution in [-0.4, -0.2) is 30.4 Å². The summed E-state index contributed by atoms with van der Waals surface area (Å²) in [4.78, 5) is 7.41. The number of methoxy groups -OCH3 is 1. The highest BCUT2D eigenvalue weighted by Crippen LogP contribution is 2.35. The minimum absolute atomic E-state index is 0.553. The number of nitrogens with zero attached hydrogens (tertiary/aromatic N) is 2. The molecule has 0 unspecified atom stereocenters. The van der Waals surface area contributed by atoms with Crippen LogP contribution >= 0.6 is 15.9 Å². The molecule has 0 radical (unpaired) electrons. The van der Waals surface area contributed by atoms with E-state index in [4.69, 9.17) is 9.73 Å². The third-order valence-electron chi connectivity index (χ3n) is 4.97. The summed E-state index contributed by atoms with van der Waals surface area (Å²) in [6.07, 6.45) is 5.81. The molecule has 2 aromatic carbocycles. The molecule has 0 amide bonds. The van der Waals surface area contributed by atoms with Gasteiger partial charge in [0.15, 0.2) is 0 Å². The van der Waals surface area contributed by atoms with Crippen LogP contribution in [0.2, 0.25) is 0 Å². The van der Waals surface area contributed by atoms with Gasteiger partial charge in [-0.3, -0.25) is 0 Å². The van der Waals surface area contributed by atoms with Crippen molar-refractivity contribution in [2.45, 2.75) is 25.3 Å². The normalized spacial score (nSPS) is 21.2. The van der Waals surface area contributed by atoms with E-state index in [9.17, 15) is 0 Å². The molecule has 3 nitrogen and oxygen atoms in total. The van der Waals surface area contributed by atoms with Crippen molar-refractivity contribution in [3.63, 3.8) is 0 Å². The van der Waals surface area contributed by atoms with Gasteiger partial charge in [-0.1, -0.05) is 40.2 Å². The SMILES string of the molecule is COc1ccccc1N=C1C=C(c2ccc(Br)cc2)C[C@@H]2CCCN12. The first kappa shape index (κ1) is 16.4. The van der Waals surface area contributed by atoms with Crippen LogP contribution in [0, 0.1) is 0 Å². The van der Waals surface area contributed by atoms with Gasteiger partial charge in [0, 0.05) is 17.1 Å². The van der Waals surface area contributed by atoms with Gasteiger partial charge >= 0.3 is 0 Å². The van der Waals surface area contributed by atoms with Crippen LogP contribution in [0.15, 0.2) is 64.1 Å². The molecule has 1 saturated heterocycles.